The Morgan fingerprint density at radius 1 is 0.917 bits per heavy atom. The number of aromatic nitrogens is 1. The van der Waals surface area contributed by atoms with Crippen molar-refractivity contribution in [1.29, 1.82) is 0 Å². The summed E-state index contributed by atoms with van der Waals surface area (Å²) in [4.78, 5) is 26.0. The van der Waals surface area contributed by atoms with Gasteiger partial charge in [-0.2, -0.15) is 0 Å². The van der Waals surface area contributed by atoms with E-state index in [4.69, 9.17) is 19.7 Å². The Labute approximate surface area is 213 Å². The molecule has 1 saturated carbocycles. The molecule has 0 aliphatic heterocycles. The van der Waals surface area contributed by atoms with Gasteiger partial charge >= 0.3 is 6.16 Å². The van der Waals surface area contributed by atoms with Gasteiger partial charge in [-0.25, -0.2) is 9.78 Å². The van der Waals surface area contributed by atoms with Crippen LogP contribution < -0.4 is 10.1 Å². The fourth-order valence-electron chi connectivity index (χ4n) is 4.38. The number of hydrogen-bond acceptors (Lipinski definition) is 6. The Morgan fingerprint density at radius 2 is 1.53 bits per heavy atom. The van der Waals surface area contributed by atoms with Gasteiger partial charge in [-0.15, -0.1) is 0 Å². The molecule has 7 nitrogen and oxygen atoms in total. The van der Waals surface area contributed by atoms with E-state index in [0.29, 0.717) is 5.78 Å². The molecular formula is C28H28N2O5S. The van der Waals surface area contributed by atoms with Crippen LogP contribution in [0.3, 0.4) is 0 Å². The van der Waals surface area contributed by atoms with E-state index in [-0.39, 0.29) is 5.92 Å². The van der Waals surface area contributed by atoms with Gasteiger partial charge in [0.2, 0.25) is 0 Å². The third-order valence-electron chi connectivity index (χ3n) is 6.21. The maximum Gasteiger partial charge on any atom is 0.503 e. The summed E-state index contributed by atoms with van der Waals surface area (Å²) < 4.78 is 6.39. The molecule has 36 heavy (non-hydrogen) atoms. The zero-order chi connectivity index (χ0) is 25.5. The van der Waals surface area contributed by atoms with Crippen LogP contribution >= 0.6 is 11.3 Å². The van der Waals surface area contributed by atoms with Gasteiger partial charge in [0.1, 0.15) is 5.75 Å². The smallest absolute Gasteiger partial charge is 0.497 e. The molecule has 1 aliphatic rings. The molecule has 8 heteroatoms. The number of carbonyl (C=O) groups is 2. The number of carboxylic acid groups (broad SMARTS) is 2. The number of methoxy groups -OCH3 is 1. The topological polar surface area (TPSA) is 109 Å². The molecule has 0 spiro atoms. The predicted molar refractivity (Wildman–Crippen MR) is 143 cm³/mol. The van der Waals surface area contributed by atoms with Crippen LogP contribution in [0.5, 0.6) is 5.75 Å². The van der Waals surface area contributed by atoms with Crippen LogP contribution in [-0.2, 0) is 0 Å². The van der Waals surface area contributed by atoms with Crippen molar-refractivity contribution in [2.24, 2.45) is 5.92 Å². The number of rotatable bonds is 6. The van der Waals surface area contributed by atoms with Crippen molar-refractivity contribution < 1.29 is 24.5 Å². The molecular weight excluding hydrogens is 476 g/mol. The summed E-state index contributed by atoms with van der Waals surface area (Å²) in [6.07, 6.45) is 3.87. The SMILES string of the molecule is COc1ccc2nc(Nc3ccc(-c4ccc(C(=O)C5CCCCC5)cc4)cc3)sc2c1.O=C(O)O. The van der Waals surface area contributed by atoms with Gasteiger partial charge in [-0.1, -0.05) is 67.0 Å². The second-order valence-corrected chi connectivity index (χ2v) is 9.64. The van der Waals surface area contributed by atoms with Crippen LogP contribution in [0, 0.1) is 5.92 Å². The van der Waals surface area contributed by atoms with E-state index in [1.165, 1.54) is 19.3 Å². The third-order valence-corrected chi connectivity index (χ3v) is 7.14. The van der Waals surface area contributed by atoms with Gasteiger partial charge in [0.25, 0.3) is 0 Å². The maximum absolute atomic E-state index is 12.7. The highest BCUT2D eigenvalue weighted by molar-refractivity contribution is 7.22. The highest BCUT2D eigenvalue weighted by Crippen LogP contribution is 2.32. The number of thiazole rings is 1. The van der Waals surface area contributed by atoms with Crippen molar-refractivity contribution in [3.63, 3.8) is 0 Å². The van der Waals surface area contributed by atoms with Crippen LogP contribution in [0.15, 0.2) is 66.7 Å². The first kappa shape index (κ1) is 25.2. The predicted octanol–water partition coefficient (Wildman–Crippen LogP) is 7.70. The lowest BCUT2D eigenvalue weighted by Gasteiger charge is -2.20. The Kier molecular flexibility index (Phi) is 8.17. The van der Waals surface area contributed by atoms with E-state index in [2.05, 4.69) is 46.7 Å². The second kappa shape index (κ2) is 11.7. The maximum atomic E-state index is 12.7. The number of Topliss-reactive ketones (excluding diaryl/α,β-unsaturated/α-hetero) is 1. The Bertz CT molecular complexity index is 1320. The molecule has 3 N–H and O–H groups in total. The van der Waals surface area contributed by atoms with E-state index in [9.17, 15) is 4.79 Å². The first-order valence-corrected chi connectivity index (χ1v) is 12.6. The number of benzene rings is 3. The summed E-state index contributed by atoms with van der Waals surface area (Å²) in [7, 11) is 1.67. The fraction of sp³-hybridized carbons (Fsp3) is 0.250. The highest BCUT2D eigenvalue weighted by Gasteiger charge is 2.22. The summed E-state index contributed by atoms with van der Waals surface area (Å²) in [5, 5.41) is 18.2. The van der Waals surface area contributed by atoms with Crippen molar-refractivity contribution >= 4 is 44.3 Å². The number of nitrogens with zero attached hydrogens (tertiary/aromatic N) is 1. The number of fused-ring (bicyclic) bond motifs is 1. The number of ketones is 1. The third kappa shape index (κ3) is 6.40. The van der Waals surface area contributed by atoms with E-state index < -0.39 is 6.16 Å². The quantitative estimate of drug-likeness (QED) is 0.231. The number of hydrogen-bond donors (Lipinski definition) is 3. The minimum atomic E-state index is -1.83. The lowest BCUT2D eigenvalue weighted by Crippen LogP contribution is -2.17. The molecule has 0 radical (unpaired) electrons. The van der Waals surface area contributed by atoms with Crippen molar-refractivity contribution in [2.45, 2.75) is 32.1 Å². The van der Waals surface area contributed by atoms with Crippen LogP contribution in [0.2, 0.25) is 0 Å². The zero-order valence-corrected chi connectivity index (χ0v) is 20.8. The highest BCUT2D eigenvalue weighted by atomic mass is 32.1. The van der Waals surface area contributed by atoms with Crippen molar-refractivity contribution in [2.75, 3.05) is 12.4 Å². The zero-order valence-electron chi connectivity index (χ0n) is 19.9. The van der Waals surface area contributed by atoms with Crippen LogP contribution in [0.1, 0.15) is 42.5 Å². The Morgan fingerprint density at radius 3 is 2.14 bits per heavy atom. The standard InChI is InChI=1S/C27H26N2O2S.CH2O3/c1-31-23-15-16-24-25(17-23)32-27(29-24)28-22-13-11-19(12-14-22)18-7-9-21(10-8-18)26(30)20-5-3-2-4-6-20;2-1(3)4/h7-17,20H,2-6H2,1H3,(H,28,29);(H2,2,3,4). The normalized spacial score (nSPS) is 13.5. The summed E-state index contributed by atoms with van der Waals surface area (Å²) >= 11 is 1.60. The molecule has 0 atom stereocenters. The first-order valence-electron chi connectivity index (χ1n) is 11.8. The van der Waals surface area contributed by atoms with Crippen LogP contribution in [0.25, 0.3) is 21.3 Å². The molecule has 0 bridgehead atoms. The van der Waals surface area contributed by atoms with Gasteiger partial charge in [-0.3, -0.25) is 4.79 Å². The number of anilines is 2. The Balaban J connectivity index is 0.000000709. The van der Waals surface area contributed by atoms with Crippen molar-refractivity contribution in [3.05, 3.63) is 72.3 Å². The average Bonchev–Trinajstić information content (AvgIpc) is 3.30. The summed E-state index contributed by atoms with van der Waals surface area (Å²) in [5.74, 6) is 1.36. The van der Waals surface area contributed by atoms with Crippen LogP contribution in [0.4, 0.5) is 15.6 Å². The average molecular weight is 505 g/mol. The van der Waals surface area contributed by atoms with E-state index >= 15 is 0 Å². The fourth-order valence-corrected chi connectivity index (χ4v) is 5.30. The molecule has 186 valence electrons. The molecule has 3 aromatic carbocycles. The number of ether oxygens (including phenoxy) is 1. The molecule has 4 aromatic rings. The lowest BCUT2D eigenvalue weighted by atomic mass is 9.83. The molecule has 0 unspecified atom stereocenters. The van der Waals surface area contributed by atoms with Crippen LogP contribution in [-0.4, -0.2) is 34.2 Å². The van der Waals surface area contributed by atoms with E-state index in [1.54, 1.807) is 18.4 Å². The van der Waals surface area contributed by atoms with Gasteiger partial charge in [0, 0.05) is 17.2 Å². The van der Waals surface area contributed by atoms with E-state index in [1.807, 2.05) is 30.3 Å². The van der Waals surface area contributed by atoms with Crippen molar-refractivity contribution in [1.82, 2.24) is 4.98 Å². The molecule has 0 amide bonds. The van der Waals surface area contributed by atoms with Gasteiger partial charge in [-0.05, 0) is 54.3 Å². The molecule has 0 saturated heterocycles. The van der Waals surface area contributed by atoms with Gasteiger partial charge < -0.3 is 20.3 Å². The number of carbonyl (C=O) groups excluding carboxylic acids is 1. The monoisotopic (exact) mass is 504 g/mol. The largest absolute Gasteiger partial charge is 0.503 e. The minimum absolute atomic E-state index is 0.212. The molecule has 1 fully saturated rings. The number of nitrogens with one attached hydrogen (secondary N) is 1. The molecule has 1 heterocycles. The summed E-state index contributed by atoms with van der Waals surface area (Å²) in [5.41, 5.74) is 5.03. The molecule has 1 aliphatic carbocycles. The summed E-state index contributed by atoms with van der Waals surface area (Å²) in [6.45, 7) is 0. The lowest BCUT2D eigenvalue weighted by molar-refractivity contribution is 0.0889. The molecule has 1 aromatic heterocycles. The Hall–Kier alpha value is -3.91. The van der Waals surface area contributed by atoms with E-state index in [0.717, 1.165) is 56.3 Å². The van der Waals surface area contributed by atoms with Crippen molar-refractivity contribution in [3.8, 4) is 16.9 Å². The van der Waals surface area contributed by atoms with Gasteiger partial charge in [0.05, 0.1) is 17.3 Å². The second-order valence-electron chi connectivity index (χ2n) is 8.61. The van der Waals surface area contributed by atoms with Gasteiger partial charge in [0.15, 0.2) is 10.9 Å². The molecule has 5 rings (SSSR count). The first-order chi connectivity index (χ1) is 17.4. The summed E-state index contributed by atoms with van der Waals surface area (Å²) in [6, 6.07) is 22.3. The minimum Gasteiger partial charge on any atom is -0.497 e.